The van der Waals surface area contributed by atoms with Gasteiger partial charge in [0.1, 0.15) is 0 Å². The molecule has 1 atom stereocenters. The third kappa shape index (κ3) is 2.15. The van der Waals surface area contributed by atoms with Crippen molar-refractivity contribution in [3.63, 3.8) is 0 Å². The van der Waals surface area contributed by atoms with Gasteiger partial charge < -0.3 is 10.4 Å². The molecule has 0 amide bonds. The van der Waals surface area contributed by atoms with E-state index in [0.717, 1.165) is 35.0 Å². The second-order valence-electron chi connectivity index (χ2n) is 4.63. The van der Waals surface area contributed by atoms with Crippen molar-refractivity contribution < 1.29 is 5.11 Å². The molecule has 3 heteroatoms. The van der Waals surface area contributed by atoms with Crippen LogP contribution < -0.4 is 5.32 Å². The molecule has 0 saturated heterocycles. The van der Waals surface area contributed by atoms with Crippen LogP contribution in [0.25, 0.3) is 10.9 Å². The van der Waals surface area contributed by atoms with Crippen LogP contribution in [0.2, 0.25) is 0 Å². The minimum absolute atomic E-state index is 0.152. The minimum Gasteiger partial charge on any atom is -0.392 e. The molecule has 0 bridgehead atoms. The molecule has 3 rings (SSSR count). The van der Waals surface area contributed by atoms with Crippen molar-refractivity contribution in [3.05, 3.63) is 53.7 Å². The maximum absolute atomic E-state index is 9.22. The molecule has 18 heavy (non-hydrogen) atoms. The van der Waals surface area contributed by atoms with Gasteiger partial charge in [-0.2, -0.15) is 0 Å². The molecular weight excluding hydrogens is 224 g/mol. The molecule has 2 aromatic rings. The summed E-state index contributed by atoms with van der Waals surface area (Å²) in [5.41, 5.74) is 3.27. The molecule has 0 radical (unpaired) electrons. The van der Waals surface area contributed by atoms with Gasteiger partial charge in [0.2, 0.25) is 0 Å². The first-order chi connectivity index (χ1) is 8.86. The molecule has 1 aliphatic rings. The molecule has 1 aromatic carbocycles. The quantitative estimate of drug-likeness (QED) is 0.791. The zero-order valence-corrected chi connectivity index (χ0v) is 10.1. The summed E-state index contributed by atoms with van der Waals surface area (Å²) >= 11 is 0. The second-order valence-corrected chi connectivity index (χ2v) is 4.63. The van der Waals surface area contributed by atoms with Gasteiger partial charge in [0.15, 0.2) is 0 Å². The number of aliphatic hydroxyl groups is 1. The van der Waals surface area contributed by atoms with Crippen LogP contribution in [0.5, 0.6) is 0 Å². The Bertz CT molecular complexity index is 592. The first-order valence-corrected chi connectivity index (χ1v) is 6.25. The van der Waals surface area contributed by atoms with Crippen molar-refractivity contribution >= 4 is 10.9 Å². The zero-order chi connectivity index (χ0) is 12.4. The molecule has 92 valence electrons. The number of hydrogen-bond acceptors (Lipinski definition) is 3. The van der Waals surface area contributed by atoms with Crippen LogP contribution in [0.3, 0.4) is 0 Å². The summed E-state index contributed by atoms with van der Waals surface area (Å²) in [5.74, 6) is 0. The molecule has 0 aliphatic carbocycles. The highest BCUT2D eigenvalue weighted by atomic mass is 16.3. The number of rotatable bonds is 2. The summed E-state index contributed by atoms with van der Waals surface area (Å²) in [4.78, 5) is 4.48. The van der Waals surface area contributed by atoms with Gasteiger partial charge >= 0.3 is 0 Å². The van der Waals surface area contributed by atoms with Gasteiger partial charge in [0, 0.05) is 11.6 Å². The molecule has 0 spiro atoms. The normalized spacial score (nSPS) is 19.8. The van der Waals surface area contributed by atoms with Crippen molar-refractivity contribution in [1.29, 1.82) is 0 Å². The lowest BCUT2D eigenvalue weighted by atomic mass is 9.99. The van der Waals surface area contributed by atoms with Gasteiger partial charge in [-0.3, -0.25) is 4.98 Å². The predicted octanol–water partition coefficient (Wildman–Crippen LogP) is 2.19. The summed E-state index contributed by atoms with van der Waals surface area (Å²) in [6, 6.07) is 10.4. The van der Waals surface area contributed by atoms with E-state index < -0.39 is 0 Å². The number of nitrogens with one attached hydrogen (secondary N) is 1. The Hall–Kier alpha value is -1.71. The van der Waals surface area contributed by atoms with Gasteiger partial charge in [0.05, 0.1) is 18.2 Å². The van der Waals surface area contributed by atoms with Crippen LogP contribution >= 0.6 is 0 Å². The number of fused-ring (bicyclic) bond motifs is 1. The first-order valence-electron chi connectivity index (χ1n) is 6.25. The monoisotopic (exact) mass is 240 g/mol. The number of hydrogen-bond donors (Lipinski definition) is 2. The Morgan fingerprint density at radius 2 is 2.22 bits per heavy atom. The molecule has 0 unspecified atom stereocenters. The average Bonchev–Trinajstić information content (AvgIpc) is 2.47. The molecular formula is C15H16N2O. The molecule has 2 N–H and O–H groups in total. The van der Waals surface area contributed by atoms with Gasteiger partial charge in [-0.25, -0.2) is 0 Å². The summed E-state index contributed by atoms with van der Waals surface area (Å²) in [5, 5.41) is 13.8. The fraction of sp³-hybridized carbons (Fsp3) is 0.267. The zero-order valence-electron chi connectivity index (χ0n) is 10.1. The highest BCUT2D eigenvalue weighted by Crippen LogP contribution is 2.23. The van der Waals surface area contributed by atoms with Crippen LogP contribution in [-0.4, -0.2) is 23.2 Å². The van der Waals surface area contributed by atoms with E-state index in [2.05, 4.69) is 28.5 Å². The highest BCUT2D eigenvalue weighted by molar-refractivity contribution is 5.78. The van der Waals surface area contributed by atoms with E-state index in [1.54, 1.807) is 0 Å². The minimum atomic E-state index is 0.152. The molecule has 1 aliphatic heterocycles. The van der Waals surface area contributed by atoms with E-state index in [1.807, 2.05) is 24.4 Å². The second kappa shape index (κ2) is 4.88. The standard InChI is InChI=1S/C15H16N2O/c18-10-11-5-6-16-15(7-11)13-8-12-3-1-2-4-14(12)17-9-13/h1-4,7-9,15-16,18H,5-6,10H2/t15-/m0/s1. The molecule has 3 nitrogen and oxygen atoms in total. The number of nitrogens with zero attached hydrogens (tertiary/aromatic N) is 1. The van der Waals surface area contributed by atoms with Crippen molar-refractivity contribution in [2.24, 2.45) is 0 Å². The molecule has 1 aromatic heterocycles. The van der Waals surface area contributed by atoms with E-state index in [4.69, 9.17) is 0 Å². The van der Waals surface area contributed by atoms with Crippen molar-refractivity contribution in [2.75, 3.05) is 13.2 Å². The lowest BCUT2D eigenvalue weighted by Gasteiger charge is -2.22. The van der Waals surface area contributed by atoms with E-state index in [9.17, 15) is 5.11 Å². The van der Waals surface area contributed by atoms with Gasteiger partial charge in [0.25, 0.3) is 0 Å². The van der Waals surface area contributed by atoms with E-state index in [-0.39, 0.29) is 12.6 Å². The van der Waals surface area contributed by atoms with Crippen LogP contribution in [-0.2, 0) is 0 Å². The van der Waals surface area contributed by atoms with Crippen LogP contribution in [0.1, 0.15) is 18.0 Å². The Labute approximate surface area is 106 Å². The Morgan fingerprint density at radius 1 is 1.33 bits per heavy atom. The summed E-state index contributed by atoms with van der Waals surface area (Å²) in [7, 11) is 0. The largest absolute Gasteiger partial charge is 0.392 e. The lowest BCUT2D eigenvalue weighted by Crippen LogP contribution is -2.26. The topological polar surface area (TPSA) is 45.2 Å². The molecule has 2 heterocycles. The third-order valence-corrected chi connectivity index (χ3v) is 3.39. The third-order valence-electron chi connectivity index (χ3n) is 3.39. The van der Waals surface area contributed by atoms with Crippen LogP contribution in [0, 0.1) is 0 Å². The molecule has 0 saturated carbocycles. The summed E-state index contributed by atoms with van der Waals surface area (Å²) < 4.78 is 0. The first kappa shape index (κ1) is 11.4. The van der Waals surface area contributed by atoms with Gasteiger partial charge in [-0.15, -0.1) is 0 Å². The number of benzene rings is 1. The average molecular weight is 240 g/mol. The number of pyridine rings is 1. The summed E-state index contributed by atoms with van der Waals surface area (Å²) in [6.45, 7) is 1.06. The fourth-order valence-corrected chi connectivity index (χ4v) is 2.37. The predicted molar refractivity (Wildman–Crippen MR) is 72.3 cm³/mol. The SMILES string of the molecule is OCC1=C[C@@H](c2cnc3ccccc3c2)NCC1. The number of aliphatic hydroxyl groups excluding tert-OH is 1. The van der Waals surface area contributed by atoms with Crippen LogP contribution in [0.4, 0.5) is 0 Å². The van der Waals surface area contributed by atoms with Crippen molar-refractivity contribution in [3.8, 4) is 0 Å². The van der Waals surface area contributed by atoms with E-state index in [1.165, 1.54) is 0 Å². The van der Waals surface area contributed by atoms with E-state index in [0.29, 0.717) is 0 Å². The maximum Gasteiger partial charge on any atom is 0.0702 e. The van der Waals surface area contributed by atoms with Crippen molar-refractivity contribution in [2.45, 2.75) is 12.5 Å². The Balaban J connectivity index is 1.99. The lowest BCUT2D eigenvalue weighted by molar-refractivity contribution is 0.321. The van der Waals surface area contributed by atoms with E-state index >= 15 is 0 Å². The smallest absolute Gasteiger partial charge is 0.0702 e. The fourth-order valence-electron chi connectivity index (χ4n) is 2.37. The van der Waals surface area contributed by atoms with Gasteiger partial charge in [-0.05, 0) is 36.2 Å². The number of aromatic nitrogens is 1. The highest BCUT2D eigenvalue weighted by Gasteiger charge is 2.14. The maximum atomic E-state index is 9.22. The van der Waals surface area contributed by atoms with Gasteiger partial charge in [-0.1, -0.05) is 24.3 Å². The van der Waals surface area contributed by atoms with Crippen LogP contribution in [0.15, 0.2) is 48.2 Å². The summed E-state index contributed by atoms with van der Waals surface area (Å²) in [6.07, 6.45) is 4.94. The Kier molecular flexibility index (Phi) is 3.09. The number of para-hydroxylation sites is 1. The molecule has 0 fully saturated rings. The van der Waals surface area contributed by atoms with Crippen molar-refractivity contribution in [1.82, 2.24) is 10.3 Å². The Morgan fingerprint density at radius 3 is 3.11 bits per heavy atom.